The van der Waals surface area contributed by atoms with Gasteiger partial charge in [0.1, 0.15) is 6.33 Å². The molecule has 0 unspecified atom stereocenters. The van der Waals surface area contributed by atoms with Gasteiger partial charge in [-0.05, 0) is 33.2 Å². The number of aryl methyl sites for hydroxylation is 1. The van der Waals surface area contributed by atoms with Gasteiger partial charge in [0, 0.05) is 6.54 Å². The molecule has 0 saturated carbocycles. The number of rotatable bonds is 3. The van der Waals surface area contributed by atoms with Crippen LogP contribution in [0.3, 0.4) is 0 Å². The molecule has 5 heteroatoms. The van der Waals surface area contributed by atoms with Crippen molar-refractivity contribution in [3.63, 3.8) is 0 Å². The van der Waals surface area contributed by atoms with Crippen LogP contribution in [0.1, 0.15) is 6.92 Å². The molecule has 0 spiro atoms. The highest BCUT2D eigenvalue weighted by Gasteiger charge is 1.99. The molecule has 1 aromatic rings. The third-order valence-corrected chi connectivity index (χ3v) is 2.00. The lowest BCUT2D eigenvalue weighted by molar-refractivity contribution is 0.303. The molecular weight excluding hydrogens is 172 g/mol. The van der Waals surface area contributed by atoms with Gasteiger partial charge in [0.25, 0.3) is 0 Å². The summed E-state index contributed by atoms with van der Waals surface area (Å²) in [5.41, 5.74) is 0. The smallest absolute Gasteiger partial charge is 0.198 e. The maximum Gasteiger partial charge on any atom is 0.198 e. The summed E-state index contributed by atoms with van der Waals surface area (Å²) in [5, 5.41) is 4.16. The van der Waals surface area contributed by atoms with E-state index in [0.717, 1.165) is 18.0 Å². The predicted molar refractivity (Wildman–Crippen MR) is 50.4 cm³/mol. The van der Waals surface area contributed by atoms with Crippen LogP contribution in [0, 0.1) is 4.77 Å². The predicted octanol–water partition coefficient (Wildman–Crippen LogP) is 0.953. The van der Waals surface area contributed by atoms with Crippen LogP contribution in [0.15, 0.2) is 6.33 Å². The fourth-order valence-electron chi connectivity index (χ4n) is 0.954. The second kappa shape index (κ2) is 3.82. The van der Waals surface area contributed by atoms with E-state index in [9.17, 15) is 0 Å². The molecule has 0 radical (unpaired) electrons. The Hall–Kier alpha value is -0.680. The van der Waals surface area contributed by atoms with Gasteiger partial charge in [0.05, 0.1) is 6.67 Å². The van der Waals surface area contributed by atoms with Gasteiger partial charge in [-0.3, -0.25) is 4.90 Å². The van der Waals surface area contributed by atoms with Crippen LogP contribution in [0.25, 0.3) is 0 Å². The molecule has 0 aliphatic heterocycles. The summed E-state index contributed by atoms with van der Waals surface area (Å²) in [7, 11) is 3.99. The van der Waals surface area contributed by atoms with E-state index >= 15 is 0 Å². The van der Waals surface area contributed by atoms with E-state index in [0.29, 0.717) is 0 Å². The summed E-state index contributed by atoms with van der Waals surface area (Å²) in [4.78, 5) is 2.03. The highest BCUT2D eigenvalue weighted by molar-refractivity contribution is 7.71. The first kappa shape index (κ1) is 9.41. The summed E-state index contributed by atoms with van der Waals surface area (Å²) >= 11 is 5.18. The fourth-order valence-corrected chi connectivity index (χ4v) is 1.23. The molecule has 0 amide bonds. The molecule has 0 fully saturated rings. The summed E-state index contributed by atoms with van der Waals surface area (Å²) in [6.45, 7) is 3.68. The minimum atomic E-state index is 0.742. The van der Waals surface area contributed by atoms with E-state index in [-0.39, 0.29) is 0 Å². The van der Waals surface area contributed by atoms with Crippen LogP contribution >= 0.6 is 12.2 Å². The summed E-state index contributed by atoms with van der Waals surface area (Å²) in [6.07, 6.45) is 1.77. The maximum absolute atomic E-state index is 5.18. The largest absolute Gasteiger partial charge is 0.307 e. The monoisotopic (exact) mass is 186 g/mol. The topological polar surface area (TPSA) is 26.0 Å². The van der Waals surface area contributed by atoms with Gasteiger partial charge < -0.3 is 4.57 Å². The molecule has 0 aromatic carbocycles. The van der Waals surface area contributed by atoms with E-state index in [4.69, 9.17) is 12.2 Å². The van der Waals surface area contributed by atoms with Crippen molar-refractivity contribution < 1.29 is 0 Å². The zero-order valence-corrected chi connectivity index (χ0v) is 8.51. The molecule has 0 N–H and O–H groups in total. The van der Waals surface area contributed by atoms with Gasteiger partial charge in [0.2, 0.25) is 0 Å². The first-order valence-electron chi connectivity index (χ1n) is 3.92. The van der Waals surface area contributed by atoms with Gasteiger partial charge in [0.15, 0.2) is 4.77 Å². The lowest BCUT2D eigenvalue weighted by atomic mass is 10.7. The molecule has 12 heavy (non-hydrogen) atoms. The van der Waals surface area contributed by atoms with Crippen LogP contribution in [0.2, 0.25) is 0 Å². The van der Waals surface area contributed by atoms with Crippen LogP contribution in [0.5, 0.6) is 0 Å². The second-order valence-corrected chi connectivity index (χ2v) is 3.29. The molecular formula is C7H14N4S. The standard InChI is InChI=1S/C7H14N4S/c1-4-10-5-8-11(7(10)12)6-9(2)3/h5H,4,6H2,1-3H3. The van der Waals surface area contributed by atoms with Gasteiger partial charge in [-0.2, -0.15) is 5.10 Å². The number of hydrogen-bond donors (Lipinski definition) is 0. The molecule has 1 rings (SSSR count). The number of nitrogens with zero attached hydrogens (tertiary/aromatic N) is 4. The van der Waals surface area contributed by atoms with Gasteiger partial charge >= 0.3 is 0 Å². The first-order chi connectivity index (χ1) is 5.65. The van der Waals surface area contributed by atoms with Crippen molar-refractivity contribution in [1.29, 1.82) is 0 Å². The third-order valence-electron chi connectivity index (χ3n) is 1.55. The van der Waals surface area contributed by atoms with E-state index in [2.05, 4.69) is 12.0 Å². The van der Waals surface area contributed by atoms with Crippen molar-refractivity contribution in [2.45, 2.75) is 20.1 Å². The minimum Gasteiger partial charge on any atom is -0.307 e. The Balaban J connectivity index is 2.88. The lowest BCUT2D eigenvalue weighted by Crippen LogP contribution is -2.18. The zero-order chi connectivity index (χ0) is 9.14. The fraction of sp³-hybridized carbons (Fsp3) is 0.714. The molecule has 1 aromatic heterocycles. The first-order valence-corrected chi connectivity index (χ1v) is 4.33. The van der Waals surface area contributed by atoms with Crippen LogP contribution in [-0.2, 0) is 13.2 Å². The quantitative estimate of drug-likeness (QED) is 0.657. The van der Waals surface area contributed by atoms with Crippen molar-refractivity contribution >= 4 is 12.2 Å². The lowest BCUT2D eigenvalue weighted by Gasteiger charge is -2.08. The number of aromatic nitrogens is 3. The average molecular weight is 186 g/mol. The maximum atomic E-state index is 5.18. The molecule has 1 heterocycles. The van der Waals surface area contributed by atoms with Crippen molar-refractivity contribution in [2.24, 2.45) is 0 Å². The summed E-state index contributed by atoms with van der Waals surface area (Å²) in [6, 6.07) is 0. The van der Waals surface area contributed by atoms with Crippen molar-refractivity contribution in [2.75, 3.05) is 14.1 Å². The van der Waals surface area contributed by atoms with E-state index in [1.54, 1.807) is 11.0 Å². The molecule has 0 saturated heterocycles. The SMILES string of the molecule is CCn1cnn(CN(C)C)c1=S. The number of hydrogen-bond acceptors (Lipinski definition) is 3. The minimum absolute atomic E-state index is 0.742. The Morgan fingerprint density at radius 3 is 2.67 bits per heavy atom. The molecule has 0 atom stereocenters. The van der Waals surface area contributed by atoms with E-state index in [1.165, 1.54) is 0 Å². The average Bonchev–Trinajstić information content (AvgIpc) is 2.32. The third kappa shape index (κ3) is 1.92. The van der Waals surface area contributed by atoms with Crippen molar-refractivity contribution in [3.8, 4) is 0 Å². The van der Waals surface area contributed by atoms with Crippen LogP contribution in [0.4, 0.5) is 0 Å². The van der Waals surface area contributed by atoms with Gasteiger partial charge in [-0.1, -0.05) is 0 Å². The normalized spacial score (nSPS) is 11.0. The van der Waals surface area contributed by atoms with Crippen LogP contribution in [-0.4, -0.2) is 33.3 Å². The molecule has 4 nitrogen and oxygen atoms in total. The van der Waals surface area contributed by atoms with E-state index < -0.39 is 0 Å². The Morgan fingerprint density at radius 2 is 2.25 bits per heavy atom. The Morgan fingerprint density at radius 1 is 1.58 bits per heavy atom. The van der Waals surface area contributed by atoms with Crippen LogP contribution < -0.4 is 0 Å². The molecule has 68 valence electrons. The van der Waals surface area contributed by atoms with Gasteiger partial charge in [-0.15, -0.1) is 0 Å². The Labute approximate surface area is 77.4 Å². The highest BCUT2D eigenvalue weighted by atomic mass is 32.1. The zero-order valence-electron chi connectivity index (χ0n) is 7.69. The molecule has 0 aliphatic carbocycles. The highest BCUT2D eigenvalue weighted by Crippen LogP contribution is 1.93. The van der Waals surface area contributed by atoms with Crippen molar-refractivity contribution in [3.05, 3.63) is 11.1 Å². The Kier molecular flexibility index (Phi) is 2.99. The molecule has 0 bridgehead atoms. The molecule has 0 aliphatic rings. The van der Waals surface area contributed by atoms with Gasteiger partial charge in [-0.25, -0.2) is 4.68 Å². The summed E-state index contributed by atoms with van der Waals surface area (Å²) < 4.78 is 4.53. The second-order valence-electron chi connectivity index (χ2n) is 2.92. The van der Waals surface area contributed by atoms with Crippen molar-refractivity contribution in [1.82, 2.24) is 19.2 Å². The summed E-state index contributed by atoms with van der Waals surface area (Å²) in [5.74, 6) is 0. The Bertz CT molecular complexity index is 299. The van der Waals surface area contributed by atoms with E-state index in [1.807, 2.05) is 23.6 Å².